The van der Waals surface area contributed by atoms with Gasteiger partial charge in [-0.2, -0.15) is 0 Å². The van der Waals surface area contributed by atoms with E-state index in [1.807, 2.05) is 18.3 Å². The Kier molecular flexibility index (Phi) is 6.09. The molecule has 102 valence electrons. The van der Waals surface area contributed by atoms with Crippen LogP contribution in [-0.2, 0) is 4.74 Å². The first-order valence-electron chi connectivity index (χ1n) is 6.42. The quantitative estimate of drug-likeness (QED) is 0.808. The Morgan fingerprint density at radius 3 is 2.50 bits per heavy atom. The van der Waals surface area contributed by atoms with Gasteiger partial charge in [0.05, 0.1) is 30.3 Å². The minimum Gasteiger partial charge on any atom is -0.387 e. The van der Waals surface area contributed by atoms with Crippen LogP contribution in [0, 0.1) is 5.92 Å². The molecule has 0 bridgehead atoms. The molecular formula is C14H24N2O2. The molecule has 1 heterocycles. The van der Waals surface area contributed by atoms with E-state index in [1.165, 1.54) is 0 Å². The number of hydrogen-bond acceptors (Lipinski definition) is 4. The first-order valence-corrected chi connectivity index (χ1v) is 6.42. The van der Waals surface area contributed by atoms with Gasteiger partial charge in [0.15, 0.2) is 0 Å². The van der Waals surface area contributed by atoms with Crippen LogP contribution < -0.4 is 4.90 Å². The lowest BCUT2D eigenvalue weighted by Gasteiger charge is -2.26. The minimum atomic E-state index is -0.517. The Bertz CT molecular complexity index is 336. The van der Waals surface area contributed by atoms with Crippen LogP contribution >= 0.6 is 0 Å². The first kappa shape index (κ1) is 14.9. The molecule has 0 aliphatic rings. The molecule has 0 radical (unpaired) electrons. The highest BCUT2D eigenvalue weighted by atomic mass is 16.5. The van der Waals surface area contributed by atoms with Gasteiger partial charge in [0.25, 0.3) is 0 Å². The molecule has 18 heavy (non-hydrogen) atoms. The fourth-order valence-corrected chi connectivity index (χ4v) is 1.80. The minimum absolute atomic E-state index is 0.517. The Morgan fingerprint density at radius 2 is 2.06 bits per heavy atom. The smallest absolute Gasteiger partial charge is 0.0931 e. The largest absolute Gasteiger partial charge is 0.387 e. The standard InChI is InChI=1S/C14H24N2O2/c1-11(2)10-16(7-8-18-4)13-5-6-14(12(3)17)15-9-13/h5-6,9,11-12,17H,7-8,10H2,1-4H3. The number of aliphatic hydroxyl groups is 1. The molecule has 1 rings (SSSR count). The Hall–Kier alpha value is -1.13. The molecule has 1 atom stereocenters. The number of anilines is 1. The first-order chi connectivity index (χ1) is 8.54. The molecule has 0 spiro atoms. The molecule has 1 unspecified atom stereocenters. The fourth-order valence-electron chi connectivity index (χ4n) is 1.80. The van der Waals surface area contributed by atoms with E-state index in [9.17, 15) is 5.11 Å². The van der Waals surface area contributed by atoms with Gasteiger partial charge in [0.1, 0.15) is 0 Å². The van der Waals surface area contributed by atoms with Crippen LogP contribution in [-0.4, -0.2) is 36.9 Å². The van der Waals surface area contributed by atoms with Crippen molar-refractivity contribution >= 4 is 5.69 Å². The van der Waals surface area contributed by atoms with E-state index in [0.29, 0.717) is 18.2 Å². The topological polar surface area (TPSA) is 45.6 Å². The lowest BCUT2D eigenvalue weighted by atomic mass is 10.2. The second-order valence-electron chi connectivity index (χ2n) is 4.95. The normalized spacial score (nSPS) is 12.8. The molecule has 4 heteroatoms. The van der Waals surface area contributed by atoms with Crippen LogP contribution in [0.2, 0.25) is 0 Å². The van der Waals surface area contributed by atoms with Gasteiger partial charge in [0.2, 0.25) is 0 Å². The van der Waals surface area contributed by atoms with Gasteiger partial charge in [-0.05, 0) is 25.0 Å². The van der Waals surface area contributed by atoms with E-state index in [0.717, 1.165) is 18.8 Å². The molecule has 0 aliphatic carbocycles. The molecule has 0 aliphatic heterocycles. The average molecular weight is 252 g/mol. The SMILES string of the molecule is COCCN(CC(C)C)c1ccc(C(C)O)nc1. The van der Waals surface area contributed by atoms with E-state index >= 15 is 0 Å². The highest BCUT2D eigenvalue weighted by Crippen LogP contribution is 2.17. The number of rotatable bonds is 7. The van der Waals surface area contributed by atoms with E-state index in [-0.39, 0.29) is 0 Å². The van der Waals surface area contributed by atoms with Crippen LogP contribution in [0.25, 0.3) is 0 Å². The van der Waals surface area contributed by atoms with Crippen LogP contribution in [0.4, 0.5) is 5.69 Å². The van der Waals surface area contributed by atoms with Crippen LogP contribution in [0.15, 0.2) is 18.3 Å². The predicted octanol–water partition coefficient (Wildman–Crippen LogP) is 2.24. The summed E-state index contributed by atoms with van der Waals surface area (Å²) in [6, 6.07) is 3.88. The van der Waals surface area contributed by atoms with Crippen LogP contribution in [0.1, 0.15) is 32.6 Å². The van der Waals surface area contributed by atoms with Crippen molar-refractivity contribution < 1.29 is 9.84 Å². The maximum absolute atomic E-state index is 9.44. The molecule has 1 aromatic heterocycles. The van der Waals surface area contributed by atoms with Crippen molar-refractivity contribution in [1.82, 2.24) is 4.98 Å². The lowest BCUT2D eigenvalue weighted by Crippen LogP contribution is -2.31. The molecule has 0 aromatic carbocycles. The van der Waals surface area contributed by atoms with Crippen LogP contribution in [0.3, 0.4) is 0 Å². The molecule has 0 amide bonds. The number of aromatic nitrogens is 1. The molecular weight excluding hydrogens is 228 g/mol. The van der Waals surface area contributed by atoms with Crippen LogP contribution in [0.5, 0.6) is 0 Å². The summed E-state index contributed by atoms with van der Waals surface area (Å²) in [5.74, 6) is 0.582. The monoisotopic (exact) mass is 252 g/mol. The zero-order chi connectivity index (χ0) is 13.5. The highest BCUT2D eigenvalue weighted by Gasteiger charge is 2.10. The van der Waals surface area contributed by atoms with Crippen molar-refractivity contribution in [2.75, 3.05) is 31.7 Å². The number of hydrogen-bond donors (Lipinski definition) is 1. The fraction of sp³-hybridized carbons (Fsp3) is 0.643. The zero-order valence-corrected chi connectivity index (χ0v) is 11.8. The third kappa shape index (κ3) is 4.63. The molecule has 4 nitrogen and oxygen atoms in total. The Labute approximate surface area is 110 Å². The van der Waals surface area contributed by atoms with Gasteiger partial charge in [-0.1, -0.05) is 13.8 Å². The second kappa shape index (κ2) is 7.34. The molecule has 1 N–H and O–H groups in total. The number of methoxy groups -OCH3 is 1. The van der Waals surface area contributed by atoms with E-state index in [1.54, 1.807) is 14.0 Å². The van der Waals surface area contributed by atoms with Gasteiger partial charge in [0, 0.05) is 20.2 Å². The van der Waals surface area contributed by atoms with Crippen molar-refractivity contribution in [3.63, 3.8) is 0 Å². The Balaban J connectivity index is 2.77. The van der Waals surface area contributed by atoms with Gasteiger partial charge < -0.3 is 14.7 Å². The van der Waals surface area contributed by atoms with E-state index in [2.05, 4.69) is 23.7 Å². The molecule has 0 saturated heterocycles. The van der Waals surface area contributed by atoms with Crippen molar-refractivity contribution in [3.05, 3.63) is 24.0 Å². The summed E-state index contributed by atoms with van der Waals surface area (Å²) in [5, 5.41) is 9.44. The Morgan fingerprint density at radius 1 is 1.33 bits per heavy atom. The number of aliphatic hydroxyl groups excluding tert-OH is 1. The average Bonchev–Trinajstić information content (AvgIpc) is 2.34. The summed E-state index contributed by atoms with van der Waals surface area (Å²) in [6.45, 7) is 8.63. The zero-order valence-electron chi connectivity index (χ0n) is 11.8. The summed E-state index contributed by atoms with van der Waals surface area (Å²) < 4.78 is 5.14. The van der Waals surface area contributed by atoms with E-state index in [4.69, 9.17) is 4.74 Å². The highest BCUT2D eigenvalue weighted by molar-refractivity contribution is 5.44. The third-order valence-corrected chi connectivity index (χ3v) is 2.71. The summed E-state index contributed by atoms with van der Waals surface area (Å²) in [7, 11) is 1.71. The summed E-state index contributed by atoms with van der Waals surface area (Å²) in [4.78, 5) is 6.54. The van der Waals surface area contributed by atoms with Gasteiger partial charge in [-0.25, -0.2) is 0 Å². The van der Waals surface area contributed by atoms with Crippen molar-refractivity contribution in [3.8, 4) is 0 Å². The molecule has 0 saturated carbocycles. The van der Waals surface area contributed by atoms with Crippen molar-refractivity contribution in [2.45, 2.75) is 26.9 Å². The maximum Gasteiger partial charge on any atom is 0.0931 e. The molecule has 1 aromatic rings. The second-order valence-corrected chi connectivity index (χ2v) is 4.95. The number of ether oxygens (including phenoxy) is 1. The third-order valence-electron chi connectivity index (χ3n) is 2.71. The van der Waals surface area contributed by atoms with E-state index < -0.39 is 6.10 Å². The summed E-state index contributed by atoms with van der Waals surface area (Å²) in [5.41, 5.74) is 1.78. The van der Waals surface area contributed by atoms with Gasteiger partial charge >= 0.3 is 0 Å². The lowest BCUT2D eigenvalue weighted by molar-refractivity contribution is 0.194. The van der Waals surface area contributed by atoms with Crippen molar-refractivity contribution in [2.24, 2.45) is 5.92 Å². The van der Waals surface area contributed by atoms with Crippen molar-refractivity contribution in [1.29, 1.82) is 0 Å². The summed E-state index contributed by atoms with van der Waals surface area (Å²) in [6.07, 6.45) is 1.30. The summed E-state index contributed by atoms with van der Waals surface area (Å²) >= 11 is 0. The maximum atomic E-state index is 9.44. The number of nitrogens with zero attached hydrogens (tertiary/aromatic N) is 2. The number of pyridine rings is 1. The van der Waals surface area contributed by atoms with Gasteiger partial charge in [-0.3, -0.25) is 4.98 Å². The molecule has 0 fully saturated rings. The predicted molar refractivity (Wildman–Crippen MR) is 73.8 cm³/mol. The van der Waals surface area contributed by atoms with Gasteiger partial charge in [-0.15, -0.1) is 0 Å².